The predicted molar refractivity (Wildman–Crippen MR) is 113 cm³/mol. The largest absolute Gasteiger partial charge is 0.462 e. The van der Waals surface area contributed by atoms with E-state index in [2.05, 4.69) is 15.3 Å². The number of aromatic nitrogens is 2. The van der Waals surface area contributed by atoms with Gasteiger partial charge >= 0.3 is 5.97 Å². The minimum Gasteiger partial charge on any atom is -0.462 e. The van der Waals surface area contributed by atoms with Crippen molar-refractivity contribution in [2.75, 3.05) is 11.9 Å². The number of rotatable bonds is 6. The molecule has 1 aliphatic rings. The summed E-state index contributed by atoms with van der Waals surface area (Å²) in [6.45, 7) is 1.82. The van der Waals surface area contributed by atoms with Crippen LogP contribution in [0.3, 0.4) is 0 Å². The topological polar surface area (TPSA) is 90.4 Å². The van der Waals surface area contributed by atoms with Crippen molar-refractivity contribution in [1.82, 2.24) is 9.97 Å². The number of ketones is 1. The van der Waals surface area contributed by atoms with Gasteiger partial charge in [0.15, 0.2) is 11.3 Å². The number of carbonyl (C=O) groups is 2. The molecule has 0 unspecified atom stereocenters. The Labute approximate surface area is 176 Å². The summed E-state index contributed by atoms with van der Waals surface area (Å²) in [6, 6.07) is 14.7. The Kier molecular flexibility index (Phi) is 5.67. The van der Waals surface area contributed by atoms with E-state index in [1.807, 2.05) is 36.4 Å². The van der Waals surface area contributed by atoms with Gasteiger partial charge in [-0.1, -0.05) is 24.3 Å². The Hall–Kier alpha value is -3.78. The molecule has 0 saturated carbocycles. The molecule has 0 bridgehead atoms. The van der Waals surface area contributed by atoms with Gasteiger partial charge in [-0.05, 0) is 31.2 Å². The van der Waals surface area contributed by atoms with E-state index in [1.54, 1.807) is 30.6 Å². The van der Waals surface area contributed by atoms with Gasteiger partial charge in [0.1, 0.15) is 5.01 Å². The first-order valence-corrected chi connectivity index (χ1v) is 10.1. The van der Waals surface area contributed by atoms with Crippen molar-refractivity contribution in [3.8, 4) is 10.7 Å². The normalized spacial score (nSPS) is 14.7. The molecule has 1 N–H and O–H groups in total. The highest BCUT2D eigenvalue weighted by molar-refractivity contribution is 7.13. The SMILES string of the molecule is CCOC(=O)C1=C(Nc2ccccc2)OC(=Cc2csc(-c3ccccn3)n2)C1=O. The monoisotopic (exact) mass is 419 g/mol. The van der Waals surface area contributed by atoms with Crippen LogP contribution in [-0.2, 0) is 19.1 Å². The lowest BCUT2D eigenvalue weighted by Gasteiger charge is -2.08. The van der Waals surface area contributed by atoms with Gasteiger partial charge < -0.3 is 14.8 Å². The zero-order valence-corrected chi connectivity index (χ0v) is 16.8. The summed E-state index contributed by atoms with van der Waals surface area (Å²) in [7, 11) is 0. The number of anilines is 1. The highest BCUT2D eigenvalue weighted by atomic mass is 32.1. The molecule has 0 atom stereocenters. The highest BCUT2D eigenvalue weighted by Gasteiger charge is 2.37. The number of hydrogen-bond acceptors (Lipinski definition) is 8. The van der Waals surface area contributed by atoms with Gasteiger partial charge in [0.2, 0.25) is 11.7 Å². The highest BCUT2D eigenvalue weighted by Crippen LogP contribution is 2.30. The van der Waals surface area contributed by atoms with Crippen LogP contribution in [0.15, 0.2) is 77.3 Å². The Morgan fingerprint density at radius 2 is 2.00 bits per heavy atom. The average molecular weight is 419 g/mol. The van der Waals surface area contributed by atoms with Crippen LogP contribution >= 0.6 is 11.3 Å². The summed E-state index contributed by atoms with van der Waals surface area (Å²) >= 11 is 1.40. The zero-order chi connectivity index (χ0) is 20.9. The van der Waals surface area contributed by atoms with Gasteiger partial charge in [0, 0.05) is 23.3 Å². The molecular formula is C22H17N3O4S. The van der Waals surface area contributed by atoms with Crippen LogP contribution in [0.2, 0.25) is 0 Å². The van der Waals surface area contributed by atoms with Crippen molar-refractivity contribution in [1.29, 1.82) is 0 Å². The molecule has 3 heterocycles. The first kappa shape index (κ1) is 19.5. The number of ether oxygens (including phenoxy) is 2. The fourth-order valence-corrected chi connectivity index (χ4v) is 3.50. The number of hydrogen-bond donors (Lipinski definition) is 1. The van der Waals surface area contributed by atoms with E-state index in [4.69, 9.17) is 9.47 Å². The lowest BCUT2D eigenvalue weighted by molar-refractivity contribution is -0.139. The van der Waals surface area contributed by atoms with Gasteiger partial charge in [-0.3, -0.25) is 9.78 Å². The molecule has 150 valence electrons. The van der Waals surface area contributed by atoms with E-state index < -0.39 is 11.8 Å². The summed E-state index contributed by atoms with van der Waals surface area (Å²) in [4.78, 5) is 34.0. The number of nitrogens with zero attached hydrogens (tertiary/aromatic N) is 2. The maximum absolute atomic E-state index is 12.9. The second-order valence-electron chi connectivity index (χ2n) is 6.15. The standard InChI is InChI=1S/C22H17N3O4S/c1-2-28-22(27)18-19(26)17(29-20(18)24-14-8-4-3-5-9-14)12-15-13-30-21(25-15)16-10-6-7-11-23-16/h3-13,24H,2H2,1H3. The van der Waals surface area contributed by atoms with Gasteiger partial charge in [0.25, 0.3) is 0 Å². The third-order valence-electron chi connectivity index (χ3n) is 4.09. The summed E-state index contributed by atoms with van der Waals surface area (Å²) in [5.41, 5.74) is 1.78. The first-order chi connectivity index (χ1) is 14.7. The lowest BCUT2D eigenvalue weighted by atomic mass is 10.1. The smallest absolute Gasteiger partial charge is 0.347 e. The number of esters is 1. The number of benzene rings is 1. The van der Waals surface area contributed by atoms with Crippen LogP contribution in [0.1, 0.15) is 12.6 Å². The van der Waals surface area contributed by atoms with E-state index in [0.29, 0.717) is 16.4 Å². The van der Waals surface area contributed by atoms with Crippen molar-refractivity contribution < 1.29 is 19.1 Å². The zero-order valence-electron chi connectivity index (χ0n) is 16.0. The third kappa shape index (κ3) is 4.13. The number of allylic oxidation sites excluding steroid dienone is 1. The molecule has 4 rings (SSSR count). The molecule has 3 aromatic rings. The number of pyridine rings is 1. The molecule has 0 fully saturated rings. The molecule has 0 amide bonds. The van der Waals surface area contributed by atoms with E-state index in [-0.39, 0.29) is 23.8 Å². The number of thiazole rings is 1. The molecule has 7 nitrogen and oxygen atoms in total. The maximum atomic E-state index is 12.9. The third-order valence-corrected chi connectivity index (χ3v) is 4.97. The molecule has 0 radical (unpaired) electrons. The lowest BCUT2D eigenvalue weighted by Crippen LogP contribution is -2.16. The first-order valence-electron chi connectivity index (χ1n) is 9.20. The maximum Gasteiger partial charge on any atom is 0.347 e. The number of para-hydroxylation sites is 1. The molecule has 1 aliphatic heterocycles. The summed E-state index contributed by atoms with van der Waals surface area (Å²) < 4.78 is 10.7. The molecule has 1 aromatic carbocycles. The molecule has 8 heteroatoms. The van der Waals surface area contributed by atoms with Crippen LogP contribution in [-0.4, -0.2) is 28.3 Å². The van der Waals surface area contributed by atoms with Crippen molar-refractivity contribution in [3.63, 3.8) is 0 Å². The Morgan fingerprint density at radius 1 is 1.20 bits per heavy atom. The summed E-state index contributed by atoms with van der Waals surface area (Å²) in [5.74, 6) is -1.26. The molecule has 0 aliphatic carbocycles. The Morgan fingerprint density at radius 3 is 2.73 bits per heavy atom. The quantitative estimate of drug-likeness (QED) is 0.366. The summed E-state index contributed by atoms with van der Waals surface area (Å²) in [6.07, 6.45) is 3.19. The molecular weight excluding hydrogens is 402 g/mol. The van der Waals surface area contributed by atoms with Gasteiger partial charge in [-0.15, -0.1) is 11.3 Å². The van der Waals surface area contributed by atoms with Crippen LogP contribution < -0.4 is 5.32 Å². The predicted octanol–water partition coefficient (Wildman–Crippen LogP) is 4.03. The molecule has 0 spiro atoms. The Bertz CT molecular complexity index is 1140. The number of carbonyl (C=O) groups excluding carboxylic acids is 2. The second kappa shape index (κ2) is 8.71. The minimum atomic E-state index is -0.739. The minimum absolute atomic E-state index is 0.00523. The van der Waals surface area contributed by atoms with E-state index >= 15 is 0 Å². The van der Waals surface area contributed by atoms with E-state index in [1.165, 1.54) is 17.4 Å². The summed E-state index contributed by atoms with van der Waals surface area (Å²) in [5, 5.41) is 5.48. The number of Topliss-reactive ketones (excluding diaryl/α,β-unsaturated/α-hetero) is 1. The second-order valence-corrected chi connectivity index (χ2v) is 7.01. The van der Waals surface area contributed by atoms with Crippen molar-refractivity contribution in [2.24, 2.45) is 0 Å². The van der Waals surface area contributed by atoms with Gasteiger partial charge in [-0.2, -0.15) is 0 Å². The van der Waals surface area contributed by atoms with Crippen LogP contribution in [0.5, 0.6) is 0 Å². The van der Waals surface area contributed by atoms with E-state index in [0.717, 1.165) is 5.69 Å². The molecule has 0 saturated heterocycles. The molecule has 2 aromatic heterocycles. The van der Waals surface area contributed by atoms with Gasteiger partial charge in [0.05, 0.1) is 18.0 Å². The molecule has 30 heavy (non-hydrogen) atoms. The fourth-order valence-electron chi connectivity index (χ4n) is 2.75. The van der Waals surface area contributed by atoms with Gasteiger partial charge in [-0.25, -0.2) is 9.78 Å². The number of nitrogens with one attached hydrogen (secondary N) is 1. The van der Waals surface area contributed by atoms with Crippen LogP contribution in [0, 0.1) is 0 Å². The van der Waals surface area contributed by atoms with E-state index in [9.17, 15) is 9.59 Å². The Balaban J connectivity index is 1.62. The fraction of sp³-hybridized carbons (Fsp3) is 0.0909. The van der Waals surface area contributed by atoms with Crippen molar-refractivity contribution >= 4 is 34.9 Å². The van der Waals surface area contributed by atoms with Crippen molar-refractivity contribution in [2.45, 2.75) is 6.92 Å². The average Bonchev–Trinajstić information content (AvgIpc) is 3.35. The van der Waals surface area contributed by atoms with Crippen molar-refractivity contribution in [3.05, 3.63) is 83.0 Å². The van der Waals surface area contributed by atoms with Crippen LogP contribution in [0.4, 0.5) is 5.69 Å². The van der Waals surface area contributed by atoms with Crippen LogP contribution in [0.25, 0.3) is 16.8 Å².